The largest absolute Gasteiger partial charge is 0.550 e. The minimum atomic E-state index is -1.15. The molecule has 120 valence electrons. The van der Waals surface area contributed by atoms with Crippen LogP contribution in [0.25, 0.3) is 0 Å². The van der Waals surface area contributed by atoms with Gasteiger partial charge in [0.2, 0.25) is 5.91 Å². The summed E-state index contributed by atoms with van der Waals surface area (Å²) < 4.78 is 5.44. The van der Waals surface area contributed by atoms with Gasteiger partial charge in [-0.05, 0) is 36.4 Å². The number of amides is 1. The molecule has 7 heteroatoms. The predicted octanol–water partition coefficient (Wildman–Crippen LogP) is 1.94. The molecule has 0 aliphatic carbocycles. The Morgan fingerprint density at radius 1 is 1.35 bits per heavy atom. The lowest BCUT2D eigenvalue weighted by Gasteiger charge is -2.19. The van der Waals surface area contributed by atoms with Crippen LogP contribution < -0.4 is 5.11 Å². The summed E-state index contributed by atoms with van der Waals surface area (Å²) in [5.41, 5.74) is 0.842. The highest BCUT2D eigenvalue weighted by Crippen LogP contribution is 2.34. The van der Waals surface area contributed by atoms with Crippen molar-refractivity contribution in [3.05, 3.63) is 46.5 Å². The molecule has 3 rings (SSSR count). The molecule has 0 radical (unpaired) electrons. The lowest BCUT2D eigenvalue weighted by Crippen LogP contribution is -2.27. The van der Waals surface area contributed by atoms with Gasteiger partial charge in [-0.25, -0.2) is 5.01 Å². The van der Waals surface area contributed by atoms with Crippen LogP contribution in [0.4, 0.5) is 0 Å². The van der Waals surface area contributed by atoms with E-state index in [1.807, 2.05) is 23.6 Å². The van der Waals surface area contributed by atoms with Crippen LogP contribution >= 0.6 is 11.3 Å². The average Bonchev–Trinajstić information content (AvgIpc) is 3.26. The number of carboxylic acid groups (broad SMARTS) is 1. The minimum Gasteiger partial charge on any atom is -0.550 e. The van der Waals surface area contributed by atoms with E-state index >= 15 is 0 Å². The molecule has 3 heterocycles. The van der Waals surface area contributed by atoms with E-state index in [0.29, 0.717) is 12.2 Å². The number of hydrazone groups is 1. The molecule has 0 N–H and O–H groups in total. The fraction of sp³-hybridized carbons (Fsp3) is 0.312. The van der Waals surface area contributed by atoms with Crippen molar-refractivity contribution in [2.75, 3.05) is 0 Å². The summed E-state index contributed by atoms with van der Waals surface area (Å²) in [7, 11) is 0. The van der Waals surface area contributed by atoms with Gasteiger partial charge < -0.3 is 14.3 Å². The first kappa shape index (κ1) is 15.5. The third-order valence-electron chi connectivity index (χ3n) is 3.61. The minimum absolute atomic E-state index is 0.117. The summed E-state index contributed by atoms with van der Waals surface area (Å²) in [6.45, 7) is 0. The third-order valence-corrected chi connectivity index (χ3v) is 4.53. The fourth-order valence-electron chi connectivity index (χ4n) is 2.53. The molecular weight excluding hydrogens is 316 g/mol. The third kappa shape index (κ3) is 3.50. The maximum atomic E-state index is 12.4. The van der Waals surface area contributed by atoms with Crippen molar-refractivity contribution < 1.29 is 19.1 Å². The number of thiophene rings is 1. The summed E-state index contributed by atoms with van der Waals surface area (Å²) in [6.07, 6.45) is 2.38. The first-order chi connectivity index (χ1) is 11.1. The van der Waals surface area contributed by atoms with Crippen LogP contribution in [-0.2, 0) is 9.59 Å². The number of hydrogen-bond acceptors (Lipinski definition) is 6. The van der Waals surface area contributed by atoms with Gasteiger partial charge in [-0.2, -0.15) is 5.10 Å². The number of carbonyl (C=O) groups excluding carboxylic acids is 2. The van der Waals surface area contributed by atoms with Crippen molar-refractivity contribution in [3.63, 3.8) is 0 Å². The van der Waals surface area contributed by atoms with Crippen molar-refractivity contribution in [1.82, 2.24) is 5.01 Å². The Hall–Kier alpha value is -2.41. The molecule has 0 spiro atoms. The Bertz CT molecular complexity index is 707. The average molecular weight is 331 g/mol. The van der Waals surface area contributed by atoms with Crippen molar-refractivity contribution in [1.29, 1.82) is 0 Å². The van der Waals surface area contributed by atoms with E-state index in [1.54, 1.807) is 23.7 Å². The zero-order valence-electron chi connectivity index (χ0n) is 12.3. The van der Waals surface area contributed by atoms with Crippen molar-refractivity contribution in [2.24, 2.45) is 5.10 Å². The van der Waals surface area contributed by atoms with Gasteiger partial charge in [0, 0.05) is 18.8 Å². The van der Waals surface area contributed by atoms with Crippen molar-refractivity contribution >= 4 is 28.9 Å². The SMILES string of the molecule is O=C([O-])CCCC(=O)N1N=C(c2cccs2)C[C@@H]1c1ccco1. The van der Waals surface area contributed by atoms with E-state index in [-0.39, 0.29) is 31.2 Å². The first-order valence-corrected chi connectivity index (χ1v) is 8.20. The van der Waals surface area contributed by atoms with E-state index < -0.39 is 5.97 Å². The van der Waals surface area contributed by atoms with Crippen LogP contribution in [0.5, 0.6) is 0 Å². The molecule has 0 aromatic carbocycles. The second-order valence-corrected chi connectivity index (χ2v) is 6.17. The van der Waals surface area contributed by atoms with E-state index in [2.05, 4.69) is 5.10 Å². The molecule has 1 amide bonds. The summed E-state index contributed by atoms with van der Waals surface area (Å²) in [6, 6.07) is 7.22. The standard InChI is InChI=1S/C16H16N2O4S/c19-15(6-1-7-16(20)21)18-12(13-4-2-8-22-13)10-11(17-18)14-5-3-9-23-14/h2-5,8-9,12H,1,6-7,10H2,(H,20,21)/p-1/t12-/m1/s1. The Morgan fingerprint density at radius 2 is 2.22 bits per heavy atom. The molecule has 1 atom stereocenters. The van der Waals surface area contributed by atoms with Crippen LogP contribution in [-0.4, -0.2) is 22.6 Å². The second kappa shape index (κ2) is 6.78. The number of carboxylic acids is 1. The second-order valence-electron chi connectivity index (χ2n) is 5.22. The van der Waals surface area contributed by atoms with E-state index in [1.165, 1.54) is 5.01 Å². The molecule has 1 aliphatic heterocycles. The number of nitrogens with zero attached hydrogens (tertiary/aromatic N) is 2. The van der Waals surface area contributed by atoms with Crippen LogP contribution in [0.2, 0.25) is 0 Å². The lowest BCUT2D eigenvalue weighted by atomic mass is 10.1. The first-order valence-electron chi connectivity index (χ1n) is 7.32. The monoisotopic (exact) mass is 331 g/mol. The summed E-state index contributed by atoms with van der Waals surface area (Å²) >= 11 is 1.57. The maximum absolute atomic E-state index is 12.4. The molecule has 6 nitrogen and oxygen atoms in total. The maximum Gasteiger partial charge on any atom is 0.243 e. The topological polar surface area (TPSA) is 85.9 Å². The number of furan rings is 1. The highest BCUT2D eigenvalue weighted by Gasteiger charge is 2.34. The molecule has 0 saturated carbocycles. The number of hydrogen-bond donors (Lipinski definition) is 0. The quantitative estimate of drug-likeness (QED) is 0.809. The van der Waals surface area contributed by atoms with Crippen LogP contribution in [0.15, 0.2) is 45.4 Å². The zero-order chi connectivity index (χ0) is 16.2. The van der Waals surface area contributed by atoms with Gasteiger partial charge in [-0.3, -0.25) is 4.79 Å². The highest BCUT2D eigenvalue weighted by molar-refractivity contribution is 7.12. The van der Waals surface area contributed by atoms with Crippen LogP contribution in [0.1, 0.15) is 42.4 Å². The van der Waals surface area contributed by atoms with Gasteiger partial charge in [0.25, 0.3) is 0 Å². The molecule has 0 bridgehead atoms. The predicted molar refractivity (Wildman–Crippen MR) is 82.6 cm³/mol. The summed E-state index contributed by atoms with van der Waals surface area (Å²) in [5.74, 6) is -0.683. The Morgan fingerprint density at radius 3 is 2.87 bits per heavy atom. The molecular formula is C16H15N2O4S-. The molecule has 23 heavy (non-hydrogen) atoms. The van der Waals surface area contributed by atoms with Crippen LogP contribution in [0.3, 0.4) is 0 Å². The summed E-state index contributed by atoms with van der Waals surface area (Å²) in [4.78, 5) is 23.9. The van der Waals surface area contributed by atoms with Gasteiger partial charge in [-0.15, -0.1) is 11.3 Å². The molecule has 0 unspecified atom stereocenters. The molecule has 1 aliphatic rings. The Kier molecular flexibility index (Phi) is 4.57. The van der Waals surface area contributed by atoms with Gasteiger partial charge in [0.15, 0.2) is 0 Å². The number of rotatable bonds is 6. The number of aliphatic carboxylic acids is 1. The van der Waals surface area contributed by atoms with Crippen molar-refractivity contribution in [2.45, 2.75) is 31.7 Å². The van der Waals surface area contributed by atoms with Gasteiger partial charge in [0.05, 0.1) is 16.9 Å². The van der Waals surface area contributed by atoms with E-state index in [0.717, 1.165) is 10.6 Å². The molecule has 0 fully saturated rings. The smallest absolute Gasteiger partial charge is 0.243 e. The normalized spacial score (nSPS) is 17.3. The Labute approximate surface area is 137 Å². The van der Waals surface area contributed by atoms with Crippen LogP contribution in [0, 0.1) is 0 Å². The lowest BCUT2D eigenvalue weighted by molar-refractivity contribution is -0.305. The van der Waals surface area contributed by atoms with E-state index in [9.17, 15) is 14.7 Å². The molecule has 2 aromatic heterocycles. The fourth-order valence-corrected chi connectivity index (χ4v) is 3.25. The van der Waals surface area contributed by atoms with Gasteiger partial charge in [-0.1, -0.05) is 6.07 Å². The molecule has 0 saturated heterocycles. The number of carbonyl (C=O) groups is 2. The van der Waals surface area contributed by atoms with Gasteiger partial charge >= 0.3 is 0 Å². The Balaban J connectivity index is 1.77. The highest BCUT2D eigenvalue weighted by atomic mass is 32.1. The van der Waals surface area contributed by atoms with Gasteiger partial charge in [0.1, 0.15) is 11.8 Å². The van der Waals surface area contributed by atoms with Crippen molar-refractivity contribution in [3.8, 4) is 0 Å². The molecule has 2 aromatic rings. The van der Waals surface area contributed by atoms with E-state index in [4.69, 9.17) is 4.42 Å². The summed E-state index contributed by atoms with van der Waals surface area (Å²) in [5, 5.41) is 18.3. The zero-order valence-corrected chi connectivity index (χ0v) is 13.1.